The van der Waals surface area contributed by atoms with Crippen molar-refractivity contribution in [3.8, 4) is 6.07 Å². The van der Waals surface area contributed by atoms with Gasteiger partial charge in [-0.05, 0) is 37.0 Å². The van der Waals surface area contributed by atoms with Gasteiger partial charge in [0.2, 0.25) is 0 Å². The highest BCUT2D eigenvalue weighted by molar-refractivity contribution is 6.32. The van der Waals surface area contributed by atoms with E-state index in [4.69, 9.17) is 21.6 Å². The third-order valence-electron chi connectivity index (χ3n) is 4.60. The largest absolute Gasteiger partial charge is 0.459 e. The van der Waals surface area contributed by atoms with E-state index in [1.165, 1.54) is 0 Å². The molecular formula is C17H20ClN3O2. The molecule has 0 unspecified atom stereocenters. The maximum Gasteiger partial charge on any atom is 0.293 e. The normalized spacial score (nSPS) is 28.1. The lowest BCUT2D eigenvalue weighted by Crippen LogP contribution is -2.40. The van der Waals surface area contributed by atoms with Gasteiger partial charge in [0.15, 0.2) is 0 Å². The van der Waals surface area contributed by atoms with Crippen molar-refractivity contribution in [2.24, 2.45) is 10.9 Å². The third kappa shape index (κ3) is 2.66. The number of nitrogens with zero attached hydrogens (tertiary/aromatic N) is 3. The molecule has 122 valence electrons. The molecule has 0 radical (unpaired) electrons. The summed E-state index contributed by atoms with van der Waals surface area (Å²) >= 11 is 6.21. The van der Waals surface area contributed by atoms with Crippen molar-refractivity contribution in [2.45, 2.75) is 45.4 Å². The Bertz CT molecular complexity index is 696. The van der Waals surface area contributed by atoms with Crippen molar-refractivity contribution in [2.75, 3.05) is 6.54 Å². The summed E-state index contributed by atoms with van der Waals surface area (Å²) in [6.45, 7) is 6.74. The number of amidine groups is 1. The second kappa shape index (κ2) is 6.03. The van der Waals surface area contributed by atoms with E-state index in [9.17, 15) is 5.11 Å². The van der Waals surface area contributed by atoms with Crippen LogP contribution in [0.4, 0.5) is 5.69 Å². The standard InChI is InChI=1S/C17H20ClN3O2/c1-9(2)16-15-13(22)6-7-21(15)17(23-16)20-12-5-4-11(8-19)14(18)10(12)3/h4-5,9,13,15-16,22H,6-7H2,1-3H3/b20-17-/t13-,15+,16-/m1/s1. The minimum absolute atomic E-state index is 0.0390. The van der Waals surface area contributed by atoms with Gasteiger partial charge in [0.05, 0.1) is 28.4 Å². The van der Waals surface area contributed by atoms with E-state index < -0.39 is 0 Å². The maximum absolute atomic E-state index is 10.2. The van der Waals surface area contributed by atoms with Crippen molar-refractivity contribution >= 4 is 23.3 Å². The van der Waals surface area contributed by atoms with E-state index in [0.717, 1.165) is 18.5 Å². The molecule has 2 saturated heterocycles. The molecule has 0 saturated carbocycles. The number of aliphatic hydroxyl groups excluding tert-OH is 1. The van der Waals surface area contributed by atoms with E-state index in [1.54, 1.807) is 12.1 Å². The molecular weight excluding hydrogens is 314 g/mol. The first-order chi connectivity index (χ1) is 10.9. The van der Waals surface area contributed by atoms with E-state index in [2.05, 4.69) is 24.9 Å². The number of benzene rings is 1. The van der Waals surface area contributed by atoms with Crippen LogP contribution in [0.3, 0.4) is 0 Å². The molecule has 2 heterocycles. The molecule has 2 fully saturated rings. The molecule has 1 N–H and O–H groups in total. The summed E-state index contributed by atoms with van der Waals surface area (Å²) < 4.78 is 6.02. The highest BCUT2D eigenvalue weighted by Crippen LogP contribution is 2.36. The second-order valence-corrected chi connectivity index (χ2v) is 6.82. The summed E-state index contributed by atoms with van der Waals surface area (Å²) in [5.74, 6) is 0.286. The lowest BCUT2D eigenvalue weighted by atomic mass is 9.97. The predicted molar refractivity (Wildman–Crippen MR) is 88.8 cm³/mol. The molecule has 0 spiro atoms. The van der Waals surface area contributed by atoms with Gasteiger partial charge in [-0.25, -0.2) is 0 Å². The van der Waals surface area contributed by atoms with Crippen LogP contribution < -0.4 is 0 Å². The number of fused-ring (bicyclic) bond motifs is 1. The number of rotatable bonds is 2. The van der Waals surface area contributed by atoms with E-state index in [-0.39, 0.29) is 24.2 Å². The van der Waals surface area contributed by atoms with Gasteiger partial charge >= 0.3 is 0 Å². The summed E-state index contributed by atoms with van der Waals surface area (Å²) in [7, 11) is 0. The maximum atomic E-state index is 10.2. The van der Waals surface area contributed by atoms with E-state index in [1.807, 2.05) is 11.8 Å². The lowest BCUT2D eigenvalue weighted by molar-refractivity contribution is 0.0672. The van der Waals surface area contributed by atoms with Crippen molar-refractivity contribution in [3.63, 3.8) is 0 Å². The smallest absolute Gasteiger partial charge is 0.293 e. The number of ether oxygens (including phenoxy) is 1. The van der Waals surface area contributed by atoms with Gasteiger partial charge in [0.1, 0.15) is 12.2 Å². The summed E-state index contributed by atoms with van der Waals surface area (Å²) in [6, 6.07) is 6.01. The molecule has 0 aliphatic carbocycles. The monoisotopic (exact) mass is 333 g/mol. The second-order valence-electron chi connectivity index (χ2n) is 6.44. The fourth-order valence-electron chi connectivity index (χ4n) is 3.28. The van der Waals surface area contributed by atoms with Gasteiger partial charge in [-0.2, -0.15) is 10.3 Å². The van der Waals surface area contributed by atoms with Crippen molar-refractivity contribution < 1.29 is 9.84 Å². The first kappa shape index (κ1) is 16.1. The Kier molecular flexibility index (Phi) is 4.22. The molecule has 2 aliphatic heterocycles. The minimum atomic E-state index is -0.388. The number of nitriles is 1. The Morgan fingerprint density at radius 2 is 2.22 bits per heavy atom. The van der Waals surface area contributed by atoms with Gasteiger partial charge in [0.25, 0.3) is 6.02 Å². The molecule has 5 nitrogen and oxygen atoms in total. The van der Waals surface area contributed by atoms with Gasteiger partial charge < -0.3 is 14.7 Å². The number of aliphatic hydroxyl groups is 1. The van der Waals surface area contributed by atoms with Crippen molar-refractivity contribution in [1.82, 2.24) is 4.90 Å². The van der Waals surface area contributed by atoms with Gasteiger partial charge in [-0.1, -0.05) is 25.4 Å². The first-order valence-corrected chi connectivity index (χ1v) is 8.21. The summed E-state index contributed by atoms with van der Waals surface area (Å²) in [5, 5.41) is 19.7. The molecule has 0 bridgehead atoms. The number of hydrogen-bond donors (Lipinski definition) is 1. The van der Waals surface area contributed by atoms with E-state index in [0.29, 0.717) is 22.3 Å². The number of hydrogen-bond acceptors (Lipinski definition) is 4. The van der Waals surface area contributed by atoms with Crippen LogP contribution in [-0.2, 0) is 4.74 Å². The Labute approximate surface area is 141 Å². The Morgan fingerprint density at radius 1 is 1.48 bits per heavy atom. The van der Waals surface area contributed by atoms with Crippen LogP contribution >= 0.6 is 11.6 Å². The zero-order valence-electron chi connectivity index (χ0n) is 13.5. The number of aliphatic imine (C=N–C) groups is 1. The third-order valence-corrected chi connectivity index (χ3v) is 5.08. The quantitative estimate of drug-likeness (QED) is 0.903. The van der Waals surface area contributed by atoms with Crippen LogP contribution in [0.2, 0.25) is 5.02 Å². The zero-order chi connectivity index (χ0) is 16.7. The van der Waals surface area contributed by atoms with Crippen molar-refractivity contribution in [1.29, 1.82) is 5.26 Å². The molecule has 23 heavy (non-hydrogen) atoms. The minimum Gasteiger partial charge on any atom is -0.459 e. The van der Waals surface area contributed by atoms with Crippen molar-refractivity contribution in [3.05, 3.63) is 28.3 Å². The Hall–Kier alpha value is -1.77. The highest BCUT2D eigenvalue weighted by atomic mass is 35.5. The lowest BCUT2D eigenvalue weighted by Gasteiger charge is -2.22. The van der Waals surface area contributed by atoms with Crippen LogP contribution in [-0.4, -0.2) is 40.8 Å². The molecule has 0 aromatic heterocycles. The topological polar surface area (TPSA) is 68.8 Å². The molecule has 3 atom stereocenters. The molecule has 1 aromatic rings. The Balaban J connectivity index is 1.98. The molecule has 0 amide bonds. The average molecular weight is 334 g/mol. The molecule has 1 aromatic carbocycles. The van der Waals surface area contributed by atoms with Gasteiger partial charge in [0, 0.05) is 6.54 Å². The molecule has 6 heteroatoms. The number of halogens is 1. The summed E-state index contributed by atoms with van der Waals surface area (Å²) in [6.07, 6.45) is 0.268. The van der Waals surface area contributed by atoms with Crippen LogP contribution in [0.1, 0.15) is 31.4 Å². The SMILES string of the molecule is Cc1c(/N=C2\O[C@H](C(C)C)[C@@H]3[C@H](O)CCN23)ccc(C#N)c1Cl. The molecule has 2 aliphatic rings. The summed E-state index contributed by atoms with van der Waals surface area (Å²) in [4.78, 5) is 6.66. The Morgan fingerprint density at radius 3 is 2.87 bits per heavy atom. The fourth-order valence-corrected chi connectivity index (χ4v) is 3.49. The zero-order valence-corrected chi connectivity index (χ0v) is 14.2. The van der Waals surface area contributed by atoms with Crippen LogP contribution in [0.5, 0.6) is 0 Å². The highest BCUT2D eigenvalue weighted by Gasteiger charge is 2.49. The van der Waals surface area contributed by atoms with E-state index >= 15 is 0 Å². The predicted octanol–water partition coefficient (Wildman–Crippen LogP) is 3.00. The van der Waals surface area contributed by atoms with Crippen LogP contribution in [0.25, 0.3) is 0 Å². The first-order valence-electron chi connectivity index (χ1n) is 7.83. The molecule has 3 rings (SSSR count). The summed E-state index contributed by atoms with van der Waals surface area (Å²) in [5.41, 5.74) is 1.88. The van der Waals surface area contributed by atoms with Gasteiger partial charge in [-0.3, -0.25) is 0 Å². The van der Waals surface area contributed by atoms with Gasteiger partial charge in [-0.15, -0.1) is 0 Å². The van der Waals surface area contributed by atoms with Crippen LogP contribution in [0.15, 0.2) is 17.1 Å². The van der Waals surface area contributed by atoms with Crippen LogP contribution in [0, 0.1) is 24.2 Å². The average Bonchev–Trinajstić information content (AvgIpc) is 3.06. The fraction of sp³-hybridized carbons (Fsp3) is 0.529.